The Labute approximate surface area is 101 Å². The van der Waals surface area contributed by atoms with E-state index >= 15 is 0 Å². The zero-order valence-electron chi connectivity index (χ0n) is 10.7. The number of fused-ring (bicyclic) bond motifs is 3. The largest absolute Gasteiger partial charge is 0.455 e. The molecule has 0 atom stereocenters. The van der Waals surface area contributed by atoms with Gasteiger partial charge in [-0.25, -0.2) is 0 Å². The topological polar surface area (TPSA) is 13.1 Å². The average Bonchev–Trinajstić information content (AvgIpc) is 2.69. The van der Waals surface area contributed by atoms with Gasteiger partial charge in [-0.3, -0.25) is 0 Å². The van der Waals surface area contributed by atoms with Crippen LogP contribution in [0.25, 0.3) is 21.9 Å². The predicted molar refractivity (Wildman–Crippen MR) is 72.7 cm³/mol. The summed E-state index contributed by atoms with van der Waals surface area (Å²) < 4.78 is 6.08. The quantitative estimate of drug-likeness (QED) is 0.533. The Morgan fingerprint density at radius 3 is 1.47 bits per heavy atom. The Bertz CT molecular complexity index is 670. The van der Waals surface area contributed by atoms with Gasteiger partial charge in [0.05, 0.1) is 0 Å². The van der Waals surface area contributed by atoms with Crippen LogP contribution in [0.2, 0.25) is 0 Å². The molecular weight excluding hydrogens is 208 g/mol. The van der Waals surface area contributed by atoms with Crippen LogP contribution in [0, 0.1) is 27.7 Å². The van der Waals surface area contributed by atoms with Crippen LogP contribution in [0.5, 0.6) is 0 Å². The van der Waals surface area contributed by atoms with E-state index in [1.54, 1.807) is 0 Å². The summed E-state index contributed by atoms with van der Waals surface area (Å²) in [5, 5.41) is 2.46. The molecule has 0 aliphatic rings. The molecule has 0 fully saturated rings. The maximum Gasteiger partial charge on any atom is 0.138 e. The molecule has 0 saturated heterocycles. The van der Waals surface area contributed by atoms with Crippen LogP contribution in [-0.2, 0) is 0 Å². The minimum atomic E-state index is 1.04. The minimum absolute atomic E-state index is 1.04. The van der Waals surface area contributed by atoms with Gasteiger partial charge in [0.1, 0.15) is 11.2 Å². The van der Waals surface area contributed by atoms with Gasteiger partial charge in [-0.2, -0.15) is 0 Å². The van der Waals surface area contributed by atoms with Crippen molar-refractivity contribution in [2.45, 2.75) is 27.7 Å². The summed E-state index contributed by atoms with van der Waals surface area (Å²) in [7, 11) is 0. The second-order valence-electron chi connectivity index (χ2n) is 4.87. The maximum absolute atomic E-state index is 6.08. The third-order valence-corrected chi connectivity index (χ3v) is 3.85. The zero-order valence-corrected chi connectivity index (χ0v) is 10.7. The number of rotatable bonds is 0. The lowest BCUT2D eigenvalue weighted by Crippen LogP contribution is -1.80. The van der Waals surface area contributed by atoms with Crippen LogP contribution >= 0.6 is 0 Å². The molecule has 3 aromatic rings. The summed E-state index contributed by atoms with van der Waals surface area (Å²) in [6.45, 7) is 8.50. The van der Waals surface area contributed by atoms with E-state index in [-0.39, 0.29) is 0 Å². The van der Waals surface area contributed by atoms with Crippen LogP contribution in [0.3, 0.4) is 0 Å². The molecule has 17 heavy (non-hydrogen) atoms. The van der Waals surface area contributed by atoms with Crippen molar-refractivity contribution in [1.82, 2.24) is 0 Å². The van der Waals surface area contributed by atoms with Crippen molar-refractivity contribution in [3.8, 4) is 0 Å². The van der Waals surface area contributed by atoms with Gasteiger partial charge in [-0.15, -0.1) is 0 Å². The molecule has 0 amide bonds. The molecule has 0 N–H and O–H groups in total. The van der Waals surface area contributed by atoms with Gasteiger partial charge >= 0.3 is 0 Å². The fourth-order valence-corrected chi connectivity index (χ4v) is 2.37. The lowest BCUT2D eigenvalue weighted by Gasteiger charge is -1.98. The zero-order chi connectivity index (χ0) is 12.2. The highest BCUT2D eigenvalue weighted by atomic mass is 16.3. The van der Waals surface area contributed by atoms with Gasteiger partial charge in [-0.05, 0) is 49.9 Å². The Kier molecular flexibility index (Phi) is 2.06. The van der Waals surface area contributed by atoms with Gasteiger partial charge in [0.2, 0.25) is 0 Å². The number of benzene rings is 2. The van der Waals surface area contributed by atoms with Crippen molar-refractivity contribution in [3.63, 3.8) is 0 Å². The van der Waals surface area contributed by atoms with E-state index in [4.69, 9.17) is 4.42 Å². The summed E-state index contributed by atoms with van der Waals surface area (Å²) >= 11 is 0. The molecule has 0 spiro atoms. The molecule has 2 aromatic carbocycles. The van der Waals surface area contributed by atoms with E-state index in [2.05, 4.69) is 52.0 Å². The monoisotopic (exact) mass is 224 g/mol. The molecule has 0 saturated carbocycles. The predicted octanol–water partition coefficient (Wildman–Crippen LogP) is 4.82. The standard InChI is InChI=1S/C16H16O/c1-9-5-7-13-14-8-6-10(2)12(4)16(14)17-15(13)11(9)3/h5-8H,1-4H3. The maximum atomic E-state index is 6.08. The van der Waals surface area contributed by atoms with E-state index in [0.29, 0.717) is 0 Å². The molecule has 1 nitrogen and oxygen atoms in total. The molecule has 0 radical (unpaired) electrons. The number of hydrogen-bond donors (Lipinski definition) is 0. The summed E-state index contributed by atoms with van der Waals surface area (Å²) in [5.74, 6) is 0. The van der Waals surface area contributed by atoms with Gasteiger partial charge in [0, 0.05) is 10.8 Å². The average molecular weight is 224 g/mol. The second-order valence-corrected chi connectivity index (χ2v) is 4.87. The van der Waals surface area contributed by atoms with Crippen molar-refractivity contribution in [1.29, 1.82) is 0 Å². The molecule has 0 aliphatic carbocycles. The van der Waals surface area contributed by atoms with Gasteiger partial charge in [0.25, 0.3) is 0 Å². The molecular formula is C16H16O. The first-order valence-electron chi connectivity index (χ1n) is 5.98. The third-order valence-electron chi connectivity index (χ3n) is 3.85. The van der Waals surface area contributed by atoms with E-state index in [1.807, 2.05) is 0 Å². The SMILES string of the molecule is Cc1ccc2c(oc3c(C)c(C)ccc32)c1C. The lowest BCUT2D eigenvalue weighted by atomic mass is 10.0. The summed E-state index contributed by atoms with van der Waals surface area (Å²) in [4.78, 5) is 0. The van der Waals surface area contributed by atoms with Crippen LogP contribution in [-0.4, -0.2) is 0 Å². The van der Waals surface area contributed by atoms with Crippen molar-refractivity contribution >= 4 is 21.9 Å². The summed E-state index contributed by atoms with van der Waals surface area (Å²) in [6.07, 6.45) is 0. The van der Waals surface area contributed by atoms with Crippen molar-refractivity contribution < 1.29 is 4.42 Å². The normalized spacial score (nSPS) is 11.5. The first-order chi connectivity index (χ1) is 8.09. The van der Waals surface area contributed by atoms with E-state index in [0.717, 1.165) is 11.2 Å². The Balaban J connectivity index is 2.58. The Hall–Kier alpha value is -1.76. The first kappa shape index (κ1) is 10.4. The number of hydrogen-bond acceptors (Lipinski definition) is 1. The van der Waals surface area contributed by atoms with Crippen LogP contribution in [0.4, 0.5) is 0 Å². The molecule has 1 heterocycles. The summed E-state index contributed by atoms with van der Waals surface area (Å²) in [6, 6.07) is 8.67. The third kappa shape index (κ3) is 1.32. The number of aryl methyl sites for hydroxylation is 4. The fourth-order valence-electron chi connectivity index (χ4n) is 2.37. The van der Waals surface area contributed by atoms with E-state index < -0.39 is 0 Å². The highest BCUT2D eigenvalue weighted by Gasteiger charge is 2.12. The Morgan fingerprint density at radius 2 is 1.06 bits per heavy atom. The highest BCUT2D eigenvalue weighted by Crippen LogP contribution is 2.34. The molecule has 3 rings (SSSR count). The first-order valence-corrected chi connectivity index (χ1v) is 5.98. The van der Waals surface area contributed by atoms with E-state index in [1.165, 1.54) is 33.0 Å². The fraction of sp³-hybridized carbons (Fsp3) is 0.250. The molecule has 0 bridgehead atoms. The molecule has 0 unspecified atom stereocenters. The molecule has 1 aromatic heterocycles. The summed E-state index contributed by atoms with van der Waals surface area (Å²) in [5.41, 5.74) is 7.13. The van der Waals surface area contributed by atoms with Gasteiger partial charge in [-0.1, -0.05) is 24.3 Å². The number of furan rings is 1. The Morgan fingerprint density at radius 1 is 0.647 bits per heavy atom. The van der Waals surface area contributed by atoms with Crippen LogP contribution in [0.15, 0.2) is 28.7 Å². The van der Waals surface area contributed by atoms with Crippen molar-refractivity contribution in [2.24, 2.45) is 0 Å². The second kappa shape index (κ2) is 3.36. The highest BCUT2D eigenvalue weighted by molar-refractivity contribution is 6.07. The smallest absolute Gasteiger partial charge is 0.138 e. The van der Waals surface area contributed by atoms with Crippen molar-refractivity contribution in [3.05, 3.63) is 46.5 Å². The van der Waals surface area contributed by atoms with Crippen LogP contribution < -0.4 is 0 Å². The molecule has 1 heteroatoms. The van der Waals surface area contributed by atoms with E-state index in [9.17, 15) is 0 Å². The van der Waals surface area contributed by atoms with Gasteiger partial charge in [0.15, 0.2) is 0 Å². The minimum Gasteiger partial charge on any atom is -0.455 e. The molecule has 0 aliphatic heterocycles. The lowest BCUT2D eigenvalue weighted by molar-refractivity contribution is 0.661. The molecule has 86 valence electrons. The van der Waals surface area contributed by atoms with Gasteiger partial charge < -0.3 is 4.42 Å². The van der Waals surface area contributed by atoms with Crippen LogP contribution in [0.1, 0.15) is 22.3 Å². The van der Waals surface area contributed by atoms with Crippen molar-refractivity contribution in [2.75, 3.05) is 0 Å².